The third kappa shape index (κ3) is 4.96. The molecule has 1 aromatic carbocycles. The fourth-order valence-electron chi connectivity index (χ4n) is 3.86. The molecule has 9 nitrogen and oxygen atoms in total. The third-order valence-electron chi connectivity index (χ3n) is 5.66. The molecule has 2 N–H and O–H groups in total. The number of sulfone groups is 1. The molecule has 0 saturated carbocycles. The van der Waals surface area contributed by atoms with Gasteiger partial charge in [-0.15, -0.1) is 0 Å². The van der Waals surface area contributed by atoms with Crippen LogP contribution in [0.3, 0.4) is 0 Å². The summed E-state index contributed by atoms with van der Waals surface area (Å²) in [7, 11) is -3.79. The molecule has 0 radical (unpaired) electrons. The minimum atomic E-state index is -3.79. The molecule has 37 heavy (non-hydrogen) atoms. The fraction of sp³-hybridized carbons (Fsp3) is 0.120. The second-order valence-electron chi connectivity index (χ2n) is 8.53. The van der Waals surface area contributed by atoms with Crippen molar-refractivity contribution in [2.24, 2.45) is 0 Å². The molecule has 0 aliphatic heterocycles. The number of nitrogens with one attached hydrogen (secondary N) is 2. The molecule has 5 rings (SSSR count). The zero-order chi connectivity index (χ0) is 26.3. The number of carbonyl (C=O) groups is 1. The van der Waals surface area contributed by atoms with E-state index in [1.54, 1.807) is 12.4 Å². The van der Waals surface area contributed by atoms with Crippen LogP contribution in [0.1, 0.15) is 27.2 Å². The molecule has 188 valence electrons. The summed E-state index contributed by atoms with van der Waals surface area (Å²) in [6.45, 7) is 1.92. The molecule has 12 heteroatoms. The largest absolute Gasteiger partial charge is 0.346 e. The summed E-state index contributed by atoms with van der Waals surface area (Å²) in [6.07, 6.45) is 4.73. The second-order valence-corrected chi connectivity index (χ2v) is 10.5. The van der Waals surface area contributed by atoms with Crippen molar-refractivity contribution < 1.29 is 22.0 Å². The molecule has 0 aliphatic carbocycles. The number of amides is 1. The highest BCUT2D eigenvalue weighted by Gasteiger charge is 2.22. The van der Waals surface area contributed by atoms with Gasteiger partial charge in [0.15, 0.2) is 20.6 Å². The van der Waals surface area contributed by atoms with Crippen LogP contribution in [-0.4, -0.2) is 45.3 Å². The van der Waals surface area contributed by atoms with Crippen molar-refractivity contribution in [3.8, 4) is 5.69 Å². The molecule has 0 fully saturated rings. The molecule has 0 saturated heterocycles. The van der Waals surface area contributed by atoms with Crippen LogP contribution in [0.4, 0.5) is 14.6 Å². The maximum Gasteiger partial charge on any atom is 0.277 e. The first-order valence-electron chi connectivity index (χ1n) is 11.0. The highest BCUT2D eigenvalue weighted by atomic mass is 32.2. The van der Waals surface area contributed by atoms with Gasteiger partial charge in [-0.25, -0.2) is 27.5 Å². The quantitative estimate of drug-likeness (QED) is 0.325. The van der Waals surface area contributed by atoms with Crippen molar-refractivity contribution in [2.45, 2.75) is 18.4 Å². The number of H-pyrrole nitrogens is 1. The Morgan fingerprint density at radius 3 is 2.54 bits per heavy atom. The van der Waals surface area contributed by atoms with Crippen LogP contribution < -0.4 is 5.32 Å². The molecule has 1 amide bonds. The molecule has 0 bridgehead atoms. The van der Waals surface area contributed by atoms with Gasteiger partial charge in [0.25, 0.3) is 5.91 Å². The van der Waals surface area contributed by atoms with Gasteiger partial charge in [-0.1, -0.05) is 6.07 Å². The number of benzene rings is 1. The Kier molecular flexibility index (Phi) is 6.04. The highest BCUT2D eigenvalue weighted by molar-refractivity contribution is 7.90. The molecule has 0 atom stereocenters. The van der Waals surface area contributed by atoms with E-state index in [1.807, 2.05) is 13.0 Å². The Bertz CT molecular complexity index is 1760. The molecule has 5 aromatic rings. The number of aromatic nitrogens is 5. The number of anilines is 1. The first kappa shape index (κ1) is 24.3. The van der Waals surface area contributed by atoms with E-state index in [2.05, 4.69) is 25.4 Å². The average molecular weight is 523 g/mol. The predicted molar refractivity (Wildman–Crippen MR) is 132 cm³/mol. The minimum absolute atomic E-state index is 0.0695. The second kappa shape index (κ2) is 9.21. The van der Waals surface area contributed by atoms with E-state index in [0.717, 1.165) is 45.6 Å². The smallest absolute Gasteiger partial charge is 0.277 e. The number of aryl methyl sites for hydroxylation is 1. The lowest BCUT2D eigenvalue weighted by atomic mass is 10.1. The average Bonchev–Trinajstić information content (AvgIpc) is 3.46. The number of rotatable bonds is 6. The Hall–Kier alpha value is -4.45. The Labute approximate surface area is 210 Å². The lowest BCUT2D eigenvalue weighted by molar-refractivity contribution is 0.102. The van der Waals surface area contributed by atoms with E-state index in [4.69, 9.17) is 0 Å². The van der Waals surface area contributed by atoms with Crippen molar-refractivity contribution in [3.05, 3.63) is 95.1 Å². The van der Waals surface area contributed by atoms with Crippen molar-refractivity contribution in [3.63, 3.8) is 0 Å². The number of hydrogen-bond acceptors (Lipinski definition) is 6. The van der Waals surface area contributed by atoms with E-state index >= 15 is 0 Å². The summed E-state index contributed by atoms with van der Waals surface area (Å²) in [4.78, 5) is 24.0. The summed E-state index contributed by atoms with van der Waals surface area (Å²) in [5.74, 6) is -2.13. The van der Waals surface area contributed by atoms with E-state index in [9.17, 15) is 22.0 Å². The zero-order valence-electron chi connectivity index (χ0n) is 19.7. The summed E-state index contributed by atoms with van der Waals surface area (Å²) in [5.41, 5.74) is 2.86. The zero-order valence-corrected chi connectivity index (χ0v) is 20.5. The Morgan fingerprint density at radius 2 is 1.84 bits per heavy atom. The first-order chi connectivity index (χ1) is 17.6. The van der Waals surface area contributed by atoms with Gasteiger partial charge in [-0.05, 0) is 54.4 Å². The highest BCUT2D eigenvalue weighted by Crippen LogP contribution is 2.23. The van der Waals surface area contributed by atoms with Crippen LogP contribution in [0, 0.1) is 18.7 Å². The summed E-state index contributed by atoms with van der Waals surface area (Å²) < 4.78 is 53.7. The van der Waals surface area contributed by atoms with Crippen LogP contribution in [0.25, 0.3) is 16.7 Å². The SMILES string of the molecule is Cc1cnc2[nH]cc(Cc3ccc(NC(=O)c4cc(S(C)(=O)=O)n(-c5ccc(F)cc5)n4)nc3F)c2c1. The lowest BCUT2D eigenvalue weighted by Gasteiger charge is -2.07. The van der Waals surface area contributed by atoms with Crippen LogP contribution in [0.2, 0.25) is 0 Å². The standard InChI is InChI=1S/C25H20F2N6O3S/c1-14-9-19-16(13-29-24(19)28-12-14)10-15-3-8-21(30-23(15)27)31-25(34)20-11-22(37(2,35)36)33(32-20)18-6-4-17(26)5-7-18/h3-9,11-13H,10H2,1-2H3,(H,28,29)(H,30,31,34). The van der Waals surface area contributed by atoms with Gasteiger partial charge < -0.3 is 10.3 Å². The Balaban J connectivity index is 1.39. The minimum Gasteiger partial charge on any atom is -0.346 e. The molecular weight excluding hydrogens is 502 g/mol. The van der Waals surface area contributed by atoms with Gasteiger partial charge in [0.2, 0.25) is 5.95 Å². The van der Waals surface area contributed by atoms with Crippen molar-refractivity contribution >= 4 is 32.6 Å². The number of fused-ring (bicyclic) bond motifs is 1. The van der Waals surface area contributed by atoms with Gasteiger partial charge in [-0.3, -0.25) is 4.79 Å². The molecule has 0 unspecified atom stereocenters. The van der Waals surface area contributed by atoms with E-state index in [0.29, 0.717) is 11.2 Å². The number of carbonyl (C=O) groups excluding carboxylic acids is 1. The van der Waals surface area contributed by atoms with E-state index in [-0.39, 0.29) is 28.6 Å². The normalized spacial score (nSPS) is 11.7. The molecule has 0 spiro atoms. The van der Waals surface area contributed by atoms with Crippen molar-refractivity contribution in [2.75, 3.05) is 11.6 Å². The maximum absolute atomic E-state index is 14.8. The van der Waals surface area contributed by atoms with Crippen molar-refractivity contribution in [1.82, 2.24) is 24.7 Å². The molecule has 4 aromatic heterocycles. The lowest BCUT2D eigenvalue weighted by Crippen LogP contribution is -2.15. The maximum atomic E-state index is 14.8. The number of nitrogens with zero attached hydrogens (tertiary/aromatic N) is 4. The summed E-state index contributed by atoms with van der Waals surface area (Å²) in [6, 6.07) is 11.0. The van der Waals surface area contributed by atoms with Gasteiger partial charge in [0, 0.05) is 42.1 Å². The van der Waals surface area contributed by atoms with E-state index < -0.39 is 27.5 Å². The third-order valence-corrected chi connectivity index (χ3v) is 6.71. The number of halogens is 2. The Morgan fingerprint density at radius 1 is 1.08 bits per heavy atom. The molecule has 4 heterocycles. The topological polar surface area (TPSA) is 123 Å². The van der Waals surface area contributed by atoms with E-state index in [1.165, 1.54) is 24.3 Å². The van der Waals surface area contributed by atoms with Crippen molar-refractivity contribution in [1.29, 1.82) is 0 Å². The van der Waals surface area contributed by atoms with Crippen LogP contribution in [-0.2, 0) is 16.3 Å². The molecular formula is C25H20F2N6O3S. The first-order valence-corrected chi connectivity index (χ1v) is 12.9. The monoisotopic (exact) mass is 522 g/mol. The van der Waals surface area contributed by atoms with Gasteiger partial charge in [-0.2, -0.15) is 9.49 Å². The fourth-order valence-corrected chi connectivity index (χ4v) is 4.65. The molecule has 0 aliphatic rings. The van der Waals surface area contributed by atoms with Crippen LogP contribution in [0.5, 0.6) is 0 Å². The van der Waals surface area contributed by atoms with Gasteiger partial charge >= 0.3 is 0 Å². The number of hydrogen-bond donors (Lipinski definition) is 2. The summed E-state index contributed by atoms with van der Waals surface area (Å²) >= 11 is 0. The van der Waals surface area contributed by atoms with Gasteiger partial charge in [0.05, 0.1) is 5.69 Å². The van der Waals surface area contributed by atoms with Crippen LogP contribution >= 0.6 is 0 Å². The number of aromatic amines is 1. The van der Waals surface area contributed by atoms with Gasteiger partial charge in [0.1, 0.15) is 17.3 Å². The number of pyridine rings is 2. The predicted octanol–water partition coefficient (Wildman–Crippen LogP) is 3.98. The van der Waals surface area contributed by atoms with Crippen LogP contribution in [0.15, 0.2) is 66.0 Å². The summed E-state index contributed by atoms with van der Waals surface area (Å²) in [5, 5.41) is 7.13.